The number of halogens is 1. The van der Waals surface area contributed by atoms with Gasteiger partial charge in [-0.1, -0.05) is 12.1 Å². The molecular weight excluding hydrogens is 351 g/mol. The minimum Gasteiger partial charge on any atom is -0.493 e. The van der Waals surface area contributed by atoms with Crippen molar-refractivity contribution < 1.29 is 23.4 Å². The summed E-state index contributed by atoms with van der Waals surface area (Å²) >= 11 is 0. The summed E-state index contributed by atoms with van der Waals surface area (Å²) in [5, 5.41) is 3.14. The predicted molar refractivity (Wildman–Crippen MR) is 102 cm³/mol. The van der Waals surface area contributed by atoms with Crippen molar-refractivity contribution in [3.63, 3.8) is 0 Å². The Morgan fingerprint density at radius 1 is 1.11 bits per heavy atom. The largest absolute Gasteiger partial charge is 0.493 e. The second-order valence-electron chi connectivity index (χ2n) is 6.10. The number of methoxy groups -OCH3 is 3. The number of anilines is 1. The van der Waals surface area contributed by atoms with E-state index in [1.807, 2.05) is 0 Å². The number of nitrogens with zero attached hydrogens (tertiary/aromatic N) is 1. The Kier molecular flexibility index (Phi) is 6.87. The van der Waals surface area contributed by atoms with Crippen LogP contribution in [0.5, 0.6) is 17.2 Å². The Labute approximate surface area is 158 Å². The van der Waals surface area contributed by atoms with Crippen LogP contribution < -0.4 is 19.5 Å². The number of carbonyl (C=O) groups excluding carboxylic acids is 1. The first kappa shape index (κ1) is 20.4. The summed E-state index contributed by atoms with van der Waals surface area (Å²) in [4.78, 5) is 14.2. The average Bonchev–Trinajstić information content (AvgIpc) is 2.66. The second kappa shape index (κ2) is 9.12. The molecule has 0 bridgehead atoms. The van der Waals surface area contributed by atoms with Crippen molar-refractivity contribution in [1.82, 2.24) is 4.90 Å². The van der Waals surface area contributed by atoms with Gasteiger partial charge in [-0.3, -0.25) is 4.79 Å². The Morgan fingerprint density at radius 2 is 1.74 bits per heavy atom. The van der Waals surface area contributed by atoms with Crippen LogP contribution in [0.1, 0.15) is 12.5 Å². The molecule has 0 aliphatic rings. The minimum atomic E-state index is -0.508. The Hall–Kier alpha value is -2.96. The van der Waals surface area contributed by atoms with Gasteiger partial charge < -0.3 is 24.4 Å². The van der Waals surface area contributed by atoms with Gasteiger partial charge in [-0.2, -0.15) is 0 Å². The lowest BCUT2D eigenvalue weighted by molar-refractivity contribution is -0.130. The van der Waals surface area contributed by atoms with Gasteiger partial charge in [0.05, 0.1) is 21.3 Å². The number of carbonyl (C=O) groups is 1. The van der Waals surface area contributed by atoms with Crippen LogP contribution in [0.15, 0.2) is 36.4 Å². The van der Waals surface area contributed by atoms with Crippen LogP contribution in [0.2, 0.25) is 0 Å². The Morgan fingerprint density at radius 3 is 2.26 bits per heavy atom. The summed E-state index contributed by atoms with van der Waals surface area (Å²) in [6.45, 7) is 2.07. The zero-order valence-corrected chi connectivity index (χ0v) is 16.2. The number of rotatable bonds is 8. The lowest BCUT2D eigenvalue weighted by Crippen LogP contribution is -2.38. The molecule has 0 aromatic heterocycles. The van der Waals surface area contributed by atoms with Gasteiger partial charge in [-0.25, -0.2) is 4.39 Å². The van der Waals surface area contributed by atoms with Gasteiger partial charge >= 0.3 is 0 Å². The van der Waals surface area contributed by atoms with Crippen molar-refractivity contribution in [1.29, 1.82) is 0 Å². The fourth-order valence-electron chi connectivity index (χ4n) is 2.79. The van der Waals surface area contributed by atoms with E-state index in [2.05, 4.69) is 5.32 Å². The van der Waals surface area contributed by atoms with E-state index in [0.717, 1.165) is 5.56 Å². The Balaban J connectivity index is 2.11. The first-order valence-corrected chi connectivity index (χ1v) is 8.45. The molecule has 0 radical (unpaired) electrons. The maximum Gasteiger partial charge on any atom is 0.244 e. The SMILES string of the molecule is COc1cc(NC(C)C(=O)N(C)Cc2cccc(F)c2)cc(OC)c1OC. The van der Waals surface area contributed by atoms with E-state index in [-0.39, 0.29) is 11.7 Å². The molecule has 1 atom stereocenters. The topological polar surface area (TPSA) is 60.0 Å². The van der Waals surface area contributed by atoms with Crippen molar-refractivity contribution in [3.8, 4) is 17.2 Å². The molecule has 0 spiro atoms. The van der Waals surface area contributed by atoms with E-state index in [4.69, 9.17) is 14.2 Å². The molecule has 1 N–H and O–H groups in total. The van der Waals surface area contributed by atoms with Crippen LogP contribution in [-0.2, 0) is 11.3 Å². The van der Waals surface area contributed by atoms with E-state index < -0.39 is 6.04 Å². The molecule has 1 unspecified atom stereocenters. The third-order valence-corrected chi connectivity index (χ3v) is 4.10. The van der Waals surface area contributed by atoms with Gasteiger partial charge in [0.1, 0.15) is 11.9 Å². The minimum absolute atomic E-state index is 0.131. The van der Waals surface area contributed by atoms with E-state index in [1.165, 1.54) is 33.5 Å². The molecular formula is C20H25FN2O4. The highest BCUT2D eigenvalue weighted by Crippen LogP contribution is 2.40. The van der Waals surface area contributed by atoms with Gasteiger partial charge in [-0.05, 0) is 24.6 Å². The number of likely N-dealkylation sites (N-methyl/N-ethyl adjacent to an activating group) is 1. The fraction of sp³-hybridized carbons (Fsp3) is 0.350. The van der Waals surface area contributed by atoms with E-state index in [1.54, 1.807) is 43.1 Å². The van der Waals surface area contributed by atoms with Crippen LogP contribution in [-0.4, -0.2) is 45.2 Å². The molecule has 27 heavy (non-hydrogen) atoms. The van der Waals surface area contributed by atoms with Crippen molar-refractivity contribution in [2.45, 2.75) is 19.5 Å². The molecule has 2 rings (SSSR count). The number of amides is 1. The number of benzene rings is 2. The maximum absolute atomic E-state index is 13.3. The highest BCUT2D eigenvalue weighted by atomic mass is 19.1. The van der Waals surface area contributed by atoms with Gasteiger partial charge in [0, 0.05) is 31.4 Å². The van der Waals surface area contributed by atoms with Gasteiger partial charge in [0.2, 0.25) is 11.7 Å². The molecule has 0 fully saturated rings. The van der Waals surface area contributed by atoms with Gasteiger partial charge in [0.25, 0.3) is 0 Å². The molecule has 146 valence electrons. The predicted octanol–water partition coefficient (Wildman–Crippen LogP) is 3.31. The molecule has 0 aliphatic heterocycles. The standard InChI is InChI=1S/C20H25FN2O4/c1-13(20(24)23(2)12-14-7-6-8-15(21)9-14)22-16-10-17(25-3)19(27-5)18(11-16)26-4/h6-11,13,22H,12H2,1-5H3. The average molecular weight is 376 g/mol. The molecule has 7 heteroatoms. The zero-order valence-electron chi connectivity index (χ0n) is 16.2. The third-order valence-electron chi connectivity index (χ3n) is 4.10. The van der Waals surface area contributed by atoms with Crippen LogP contribution in [0.25, 0.3) is 0 Å². The van der Waals surface area contributed by atoms with Gasteiger partial charge in [-0.15, -0.1) is 0 Å². The lowest BCUT2D eigenvalue weighted by Gasteiger charge is -2.23. The van der Waals surface area contributed by atoms with Gasteiger partial charge in [0.15, 0.2) is 11.5 Å². The van der Waals surface area contributed by atoms with Crippen molar-refractivity contribution >= 4 is 11.6 Å². The van der Waals surface area contributed by atoms with Crippen molar-refractivity contribution in [2.75, 3.05) is 33.7 Å². The molecule has 0 saturated heterocycles. The summed E-state index contributed by atoms with van der Waals surface area (Å²) in [6.07, 6.45) is 0. The molecule has 0 saturated carbocycles. The van der Waals surface area contributed by atoms with Crippen LogP contribution in [0.4, 0.5) is 10.1 Å². The zero-order chi connectivity index (χ0) is 20.0. The normalized spacial score (nSPS) is 11.5. The van der Waals surface area contributed by atoms with E-state index >= 15 is 0 Å². The molecule has 6 nitrogen and oxygen atoms in total. The smallest absolute Gasteiger partial charge is 0.244 e. The number of hydrogen-bond acceptors (Lipinski definition) is 5. The van der Waals surface area contributed by atoms with E-state index in [9.17, 15) is 9.18 Å². The quantitative estimate of drug-likeness (QED) is 0.766. The maximum atomic E-state index is 13.3. The molecule has 2 aromatic carbocycles. The summed E-state index contributed by atoms with van der Waals surface area (Å²) in [5.74, 6) is 1.01. The molecule has 2 aromatic rings. The summed E-state index contributed by atoms with van der Waals surface area (Å²) in [5.41, 5.74) is 1.38. The summed E-state index contributed by atoms with van der Waals surface area (Å²) in [7, 11) is 6.27. The highest BCUT2D eigenvalue weighted by Gasteiger charge is 2.20. The highest BCUT2D eigenvalue weighted by molar-refractivity contribution is 5.84. The van der Waals surface area contributed by atoms with Crippen molar-refractivity contribution in [2.24, 2.45) is 0 Å². The molecule has 0 heterocycles. The third kappa shape index (κ3) is 5.03. The second-order valence-corrected chi connectivity index (χ2v) is 6.10. The summed E-state index contributed by atoms with van der Waals surface area (Å²) in [6, 6.07) is 9.16. The molecule has 1 amide bonds. The summed E-state index contributed by atoms with van der Waals surface area (Å²) < 4.78 is 29.3. The fourth-order valence-corrected chi connectivity index (χ4v) is 2.79. The number of nitrogens with one attached hydrogen (secondary N) is 1. The van der Waals surface area contributed by atoms with Crippen LogP contribution in [0, 0.1) is 5.82 Å². The van der Waals surface area contributed by atoms with Crippen LogP contribution in [0.3, 0.4) is 0 Å². The van der Waals surface area contributed by atoms with E-state index in [0.29, 0.717) is 29.5 Å². The van der Waals surface area contributed by atoms with Crippen LogP contribution >= 0.6 is 0 Å². The number of ether oxygens (including phenoxy) is 3. The lowest BCUT2D eigenvalue weighted by atomic mass is 10.2. The Bertz CT molecular complexity index is 772. The van der Waals surface area contributed by atoms with Crippen molar-refractivity contribution in [3.05, 3.63) is 47.8 Å². The first-order valence-electron chi connectivity index (χ1n) is 8.45. The monoisotopic (exact) mass is 376 g/mol. The first-order chi connectivity index (χ1) is 12.9. The molecule has 0 aliphatic carbocycles. The number of hydrogen-bond donors (Lipinski definition) is 1.